The molecule has 4 rings (SSSR count). The molecule has 0 radical (unpaired) electrons. The quantitative estimate of drug-likeness (QED) is 0.396. The Labute approximate surface area is 196 Å². The molecule has 0 aliphatic carbocycles. The van der Waals surface area contributed by atoms with Crippen LogP contribution in [-0.4, -0.2) is 27.8 Å². The fraction of sp³-hybridized carbons (Fsp3) is 0.160. The van der Waals surface area contributed by atoms with E-state index in [0.717, 1.165) is 16.7 Å². The predicted octanol–water partition coefficient (Wildman–Crippen LogP) is 4.50. The normalized spacial score (nSPS) is 10.6. The average Bonchev–Trinajstić information content (AvgIpc) is 3.36. The molecule has 1 amide bonds. The molecular weight excluding hydrogens is 440 g/mol. The topological polar surface area (TPSA) is 78.3 Å². The summed E-state index contributed by atoms with van der Waals surface area (Å²) < 4.78 is 13.1. The van der Waals surface area contributed by atoms with Gasteiger partial charge >= 0.3 is 0 Å². The number of carbonyl (C=O) groups is 1. The Bertz CT molecular complexity index is 1210. The fourth-order valence-electron chi connectivity index (χ4n) is 3.32. The van der Waals surface area contributed by atoms with E-state index in [1.165, 1.54) is 6.33 Å². The van der Waals surface area contributed by atoms with Gasteiger partial charge in [-0.1, -0.05) is 48.0 Å². The van der Waals surface area contributed by atoms with Crippen molar-refractivity contribution in [3.63, 3.8) is 0 Å². The van der Waals surface area contributed by atoms with Crippen molar-refractivity contribution in [3.8, 4) is 11.5 Å². The minimum absolute atomic E-state index is 0.201. The lowest BCUT2D eigenvalue weighted by Gasteiger charge is -2.13. The number of methoxy groups -OCH3 is 1. The first-order valence-electron chi connectivity index (χ1n) is 10.3. The SMILES string of the molecule is COc1cc(C(=O)NCc2ccccc2Cn2cncn2)ccc1OCc1ccc(Cl)cc1. The van der Waals surface area contributed by atoms with Gasteiger partial charge in [0.25, 0.3) is 5.91 Å². The average molecular weight is 463 g/mol. The third-order valence-electron chi connectivity index (χ3n) is 5.09. The van der Waals surface area contributed by atoms with Gasteiger partial charge in [-0.05, 0) is 47.0 Å². The van der Waals surface area contributed by atoms with Crippen LogP contribution in [0.1, 0.15) is 27.0 Å². The molecule has 0 aliphatic heterocycles. The Morgan fingerprint density at radius 2 is 1.82 bits per heavy atom. The van der Waals surface area contributed by atoms with Crippen LogP contribution in [0, 0.1) is 0 Å². The molecule has 0 saturated carbocycles. The number of nitrogens with one attached hydrogen (secondary N) is 1. The second-order valence-corrected chi connectivity index (χ2v) is 7.76. The number of hydrogen-bond donors (Lipinski definition) is 1. The zero-order chi connectivity index (χ0) is 23.0. The minimum atomic E-state index is -0.201. The first-order valence-corrected chi connectivity index (χ1v) is 10.7. The second kappa shape index (κ2) is 10.7. The van der Waals surface area contributed by atoms with Crippen LogP contribution >= 0.6 is 11.6 Å². The number of halogens is 1. The van der Waals surface area contributed by atoms with E-state index in [9.17, 15) is 4.79 Å². The molecule has 1 N–H and O–H groups in total. The van der Waals surface area contributed by atoms with Gasteiger partial charge in [-0.3, -0.25) is 4.79 Å². The van der Waals surface area contributed by atoms with Gasteiger partial charge in [0.2, 0.25) is 0 Å². The van der Waals surface area contributed by atoms with Crippen molar-refractivity contribution in [2.75, 3.05) is 7.11 Å². The Morgan fingerprint density at radius 1 is 1.03 bits per heavy atom. The molecule has 7 nitrogen and oxygen atoms in total. The van der Waals surface area contributed by atoms with Crippen LogP contribution in [0.25, 0.3) is 0 Å². The number of aromatic nitrogens is 3. The highest BCUT2D eigenvalue weighted by Crippen LogP contribution is 2.29. The molecule has 0 saturated heterocycles. The standard InChI is InChI=1S/C25H23ClN4O3/c1-32-24-12-19(8-11-23(24)33-15-18-6-9-22(26)10-7-18)25(31)28-13-20-4-2-3-5-21(20)14-30-17-27-16-29-30/h2-12,16-17H,13-15H2,1H3,(H,28,31). The Morgan fingerprint density at radius 3 is 2.55 bits per heavy atom. The summed E-state index contributed by atoms with van der Waals surface area (Å²) in [5.74, 6) is 0.846. The van der Waals surface area contributed by atoms with Crippen LogP contribution in [0.4, 0.5) is 0 Å². The molecule has 0 bridgehead atoms. The molecule has 3 aromatic carbocycles. The summed E-state index contributed by atoms with van der Waals surface area (Å²) in [6, 6.07) is 20.5. The molecule has 8 heteroatoms. The molecule has 0 unspecified atom stereocenters. The van der Waals surface area contributed by atoms with Crippen LogP contribution in [0.2, 0.25) is 5.02 Å². The number of benzene rings is 3. The number of rotatable bonds is 9. The maximum Gasteiger partial charge on any atom is 0.251 e. The molecule has 0 aliphatic rings. The first kappa shape index (κ1) is 22.4. The zero-order valence-electron chi connectivity index (χ0n) is 18.1. The Hall–Kier alpha value is -3.84. The lowest BCUT2D eigenvalue weighted by molar-refractivity contribution is 0.0950. The summed E-state index contributed by atoms with van der Waals surface area (Å²) in [5.41, 5.74) is 3.54. The van der Waals surface area contributed by atoms with E-state index in [2.05, 4.69) is 15.4 Å². The molecule has 33 heavy (non-hydrogen) atoms. The number of nitrogens with zero attached hydrogens (tertiary/aromatic N) is 3. The third-order valence-corrected chi connectivity index (χ3v) is 5.34. The summed E-state index contributed by atoms with van der Waals surface area (Å²) in [4.78, 5) is 16.8. The Balaban J connectivity index is 1.40. The molecule has 168 valence electrons. The van der Waals surface area contributed by atoms with Gasteiger partial charge in [-0.25, -0.2) is 9.67 Å². The summed E-state index contributed by atoms with van der Waals surface area (Å²) in [6.07, 6.45) is 3.17. The third kappa shape index (κ3) is 5.90. The van der Waals surface area contributed by atoms with E-state index in [4.69, 9.17) is 21.1 Å². The van der Waals surface area contributed by atoms with Crippen molar-refractivity contribution >= 4 is 17.5 Å². The van der Waals surface area contributed by atoms with Crippen molar-refractivity contribution < 1.29 is 14.3 Å². The van der Waals surface area contributed by atoms with E-state index < -0.39 is 0 Å². The molecular formula is C25H23ClN4O3. The van der Waals surface area contributed by atoms with E-state index in [1.807, 2.05) is 48.5 Å². The number of ether oxygens (including phenoxy) is 2. The van der Waals surface area contributed by atoms with E-state index >= 15 is 0 Å². The lowest BCUT2D eigenvalue weighted by atomic mass is 10.1. The maximum atomic E-state index is 12.8. The van der Waals surface area contributed by atoms with Crippen molar-refractivity contribution in [2.24, 2.45) is 0 Å². The second-order valence-electron chi connectivity index (χ2n) is 7.33. The summed E-state index contributed by atoms with van der Waals surface area (Å²) in [5, 5.41) is 7.80. The van der Waals surface area contributed by atoms with Crippen LogP contribution in [0.5, 0.6) is 11.5 Å². The van der Waals surface area contributed by atoms with Crippen molar-refractivity contribution in [2.45, 2.75) is 19.7 Å². The fourth-order valence-corrected chi connectivity index (χ4v) is 3.45. The van der Waals surface area contributed by atoms with Gasteiger partial charge in [0.1, 0.15) is 19.3 Å². The first-order chi connectivity index (χ1) is 16.1. The van der Waals surface area contributed by atoms with Gasteiger partial charge in [-0.2, -0.15) is 5.10 Å². The molecule has 0 spiro atoms. The van der Waals surface area contributed by atoms with Gasteiger partial charge < -0.3 is 14.8 Å². The van der Waals surface area contributed by atoms with Crippen molar-refractivity contribution in [1.82, 2.24) is 20.1 Å². The number of amides is 1. The molecule has 4 aromatic rings. The monoisotopic (exact) mass is 462 g/mol. The summed E-state index contributed by atoms with van der Waals surface area (Å²) in [7, 11) is 1.55. The van der Waals surface area contributed by atoms with Crippen LogP contribution in [0.3, 0.4) is 0 Å². The highest BCUT2D eigenvalue weighted by molar-refractivity contribution is 6.30. The predicted molar refractivity (Wildman–Crippen MR) is 126 cm³/mol. The Kier molecular flexibility index (Phi) is 7.22. The zero-order valence-corrected chi connectivity index (χ0v) is 18.8. The molecule has 0 atom stereocenters. The van der Waals surface area contributed by atoms with Crippen LogP contribution in [-0.2, 0) is 19.7 Å². The maximum absolute atomic E-state index is 12.8. The summed E-state index contributed by atoms with van der Waals surface area (Å²) >= 11 is 5.92. The molecule has 1 heterocycles. The minimum Gasteiger partial charge on any atom is -0.493 e. The lowest BCUT2D eigenvalue weighted by Crippen LogP contribution is -2.23. The smallest absolute Gasteiger partial charge is 0.251 e. The van der Waals surface area contributed by atoms with Gasteiger partial charge in [0.15, 0.2) is 11.5 Å². The number of carbonyl (C=O) groups excluding carboxylic acids is 1. The van der Waals surface area contributed by atoms with Gasteiger partial charge in [0.05, 0.1) is 13.7 Å². The highest BCUT2D eigenvalue weighted by atomic mass is 35.5. The molecule has 1 aromatic heterocycles. The summed E-state index contributed by atoms with van der Waals surface area (Å²) in [6.45, 7) is 1.34. The van der Waals surface area contributed by atoms with Crippen LogP contribution in [0.15, 0.2) is 79.4 Å². The van der Waals surface area contributed by atoms with Gasteiger partial charge in [0, 0.05) is 17.1 Å². The van der Waals surface area contributed by atoms with Crippen LogP contribution < -0.4 is 14.8 Å². The highest BCUT2D eigenvalue weighted by Gasteiger charge is 2.12. The van der Waals surface area contributed by atoms with Gasteiger partial charge in [-0.15, -0.1) is 0 Å². The number of hydrogen-bond acceptors (Lipinski definition) is 5. The van der Waals surface area contributed by atoms with E-state index in [-0.39, 0.29) is 5.91 Å². The van der Waals surface area contributed by atoms with Crippen molar-refractivity contribution in [1.29, 1.82) is 0 Å². The van der Waals surface area contributed by atoms with Crippen molar-refractivity contribution in [3.05, 3.63) is 107 Å². The molecule has 0 fully saturated rings. The van der Waals surface area contributed by atoms with E-state index in [0.29, 0.717) is 41.8 Å². The van der Waals surface area contributed by atoms with E-state index in [1.54, 1.807) is 36.3 Å². The largest absolute Gasteiger partial charge is 0.493 e.